The van der Waals surface area contributed by atoms with Gasteiger partial charge in [-0.3, -0.25) is 0 Å². The Morgan fingerprint density at radius 3 is 2.61 bits per heavy atom. The first-order chi connectivity index (χ1) is 8.79. The van der Waals surface area contributed by atoms with Crippen molar-refractivity contribution in [2.24, 2.45) is 0 Å². The average molecular weight is 242 g/mol. The van der Waals surface area contributed by atoms with Crippen molar-refractivity contribution in [1.29, 1.82) is 0 Å². The van der Waals surface area contributed by atoms with Crippen LogP contribution in [0.2, 0.25) is 0 Å². The molecule has 2 aromatic rings. The standard InChI is InChI=1S/C16H22N2/c1-3-18-10-9-15(13-18)12-17-11-14(2)16-7-5-4-6-8-16/h4-10,13-14,17H,3,11-12H2,1-2H3. The molecule has 96 valence electrons. The van der Waals surface area contributed by atoms with E-state index in [4.69, 9.17) is 0 Å². The normalized spacial score (nSPS) is 12.6. The fourth-order valence-electron chi connectivity index (χ4n) is 2.12. The van der Waals surface area contributed by atoms with Gasteiger partial charge in [-0.2, -0.15) is 0 Å². The molecule has 0 aliphatic rings. The first-order valence-corrected chi connectivity index (χ1v) is 6.70. The molecule has 18 heavy (non-hydrogen) atoms. The molecule has 1 heterocycles. The number of rotatable bonds is 6. The molecule has 0 spiro atoms. The minimum Gasteiger partial charge on any atom is -0.354 e. The predicted octanol–water partition coefficient (Wildman–Crippen LogP) is 3.40. The van der Waals surface area contributed by atoms with Crippen molar-refractivity contribution in [2.75, 3.05) is 6.54 Å². The fraction of sp³-hybridized carbons (Fsp3) is 0.375. The van der Waals surface area contributed by atoms with Crippen LogP contribution in [-0.4, -0.2) is 11.1 Å². The molecular formula is C16H22N2. The number of hydrogen-bond donors (Lipinski definition) is 1. The van der Waals surface area contributed by atoms with Gasteiger partial charge in [0.15, 0.2) is 0 Å². The van der Waals surface area contributed by atoms with Crippen LogP contribution in [0.4, 0.5) is 0 Å². The Balaban J connectivity index is 1.78. The first kappa shape index (κ1) is 12.9. The van der Waals surface area contributed by atoms with Gasteiger partial charge in [0.1, 0.15) is 0 Å². The van der Waals surface area contributed by atoms with Crippen molar-refractivity contribution < 1.29 is 0 Å². The summed E-state index contributed by atoms with van der Waals surface area (Å²) in [5.74, 6) is 0.555. The SMILES string of the molecule is CCn1ccc(CNCC(C)c2ccccc2)c1. The summed E-state index contributed by atoms with van der Waals surface area (Å²) in [6.07, 6.45) is 4.35. The third-order valence-corrected chi connectivity index (χ3v) is 3.33. The van der Waals surface area contributed by atoms with Gasteiger partial charge in [-0.25, -0.2) is 0 Å². The summed E-state index contributed by atoms with van der Waals surface area (Å²) in [6, 6.07) is 12.8. The van der Waals surface area contributed by atoms with Gasteiger partial charge in [0, 0.05) is 32.0 Å². The summed E-state index contributed by atoms with van der Waals surface area (Å²) >= 11 is 0. The number of nitrogens with zero attached hydrogens (tertiary/aromatic N) is 1. The van der Waals surface area contributed by atoms with Crippen LogP contribution in [0, 0.1) is 0 Å². The van der Waals surface area contributed by atoms with E-state index < -0.39 is 0 Å². The largest absolute Gasteiger partial charge is 0.354 e. The second-order valence-electron chi connectivity index (χ2n) is 4.79. The number of hydrogen-bond acceptors (Lipinski definition) is 1. The monoisotopic (exact) mass is 242 g/mol. The highest BCUT2D eigenvalue weighted by Gasteiger charge is 2.04. The Kier molecular flexibility index (Phi) is 4.59. The van der Waals surface area contributed by atoms with E-state index in [0.717, 1.165) is 19.6 Å². The molecule has 1 aromatic heterocycles. The van der Waals surface area contributed by atoms with E-state index in [1.54, 1.807) is 0 Å². The summed E-state index contributed by atoms with van der Waals surface area (Å²) in [4.78, 5) is 0. The highest BCUT2D eigenvalue weighted by Crippen LogP contribution is 2.13. The van der Waals surface area contributed by atoms with Crippen molar-refractivity contribution in [1.82, 2.24) is 9.88 Å². The second kappa shape index (κ2) is 6.41. The van der Waals surface area contributed by atoms with Gasteiger partial charge in [-0.15, -0.1) is 0 Å². The molecule has 2 heteroatoms. The molecule has 0 bridgehead atoms. The number of benzene rings is 1. The molecule has 0 radical (unpaired) electrons. The first-order valence-electron chi connectivity index (χ1n) is 6.70. The molecule has 2 nitrogen and oxygen atoms in total. The zero-order valence-corrected chi connectivity index (χ0v) is 11.3. The topological polar surface area (TPSA) is 17.0 Å². The van der Waals surface area contributed by atoms with Crippen molar-refractivity contribution in [3.05, 3.63) is 59.9 Å². The molecule has 0 amide bonds. The molecule has 0 aliphatic carbocycles. The van der Waals surface area contributed by atoms with E-state index in [0.29, 0.717) is 5.92 Å². The van der Waals surface area contributed by atoms with Crippen LogP contribution in [0.3, 0.4) is 0 Å². The molecular weight excluding hydrogens is 220 g/mol. The highest BCUT2D eigenvalue weighted by atomic mass is 14.9. The Bertz CT molecular complexity index is 459. The van der Waals surface area contributed by atoms with E-state index in [9.17, 15) is 0 Å². The average Bonchev–Trinajstić information content (AvgIpc) is 2.87. The minimum atomic E-state index is 0.555. The maximum Gasteiger partial charge on any atom is 0.0220 e. The molecule has 2 rings (SSSR count). The Morgan fingerprint density at radius 1 is 1.17 bits per heavy atom. The van der Waals surface area contributed by atoms with Gasteiger partial charge in [-0.1, -0.05) is 37.3 Å². The lowest BCUT2D eigenvalue weighted by molar-refractivity contribution is 0.614. The fourth-order valence-corrected chi connectivity index (χ4v) is 2.12. The second-order valence-corrected chi connectivity index (χ2v) is 4.79. The molecule has 0 saturated carbocycles. The zero-order valence-electron chi connectivity index (χ0n) is 11.3. The summed E-state index contributed by atoms with van der Waals surface area (Å²) in [5.41, 5.74) is 2.76. The van der Waals surface area contributed by atoms with Gasteiger partial charge in [0.05, 0.1) is 0 Å². The Morgan fingerprint density at radius 2 is 1.94 bits per heavy atom. The van der Waals surface area contributed by atoms with E-state index in [2.05, 4.69) is 72.5 Å². The van der Waals surface area contributed by atoms with Crippen molar-refractivity contribution in [3.8, 4) is 0 Å². The van der Waals surface area contributed by atoms with Crippen LogP contribution in [0.1, 0.15) is 30.9 Å². The van der Waals surface area contributed by atoms with Gasteiger partial charge in [0.25, 0.3) is 0 Å². The summed E-state index contributed by atoms with van der Waals surface area (Å²) in [6.45, 7) is 7.43. The van der Waals surface area contributed by atoms with Crippen molar-refractivity contribution in [3.63, 3.8) is 0 Å². The maximum atomic E-state index is 3.52. The lowest BCUT2D eigenvalue weighted by Crippen LogP contribution is -2.19. The van der Waals surface area contributed by atoms with Crippen LogP contribution >= 0.6 is 0 Å². The summed E-state index contributed by atoms with van der Waals surface area (Å²) in [7, 11) is 0. The lowest BCUT2D eigenvalue weighted by Gasteiger charge is -2.12. The zero-order chi connectivity index (χ0) is 12.8. The predicted molar refractivity (Wildman–Crippen MR) is 76.7 cm³/mol. The molecule has 1 N–H and O–H groups in total. The van der Waals surface area contributed by atoms with E-state index >= 15 is 0 Å². The summed E-state index contributed by atoms with van der Waals surface area (Å²) < 4.78 is 2.21. The number of nitrogens with one attached hydrogen (secondary N) is 1. The van der Waals surface area contributed by atoms with Crippen LogP contribution in [0.5, 0.6) is 0 Å². The third-order valence-electron chi connectivity index (χ3n) is 3.33. The minimum absolute atomic E-state index is 0.555. The Labute approximate surface area is 110 Å². The van der Waals surface area contributed by atoms with Gasteiger partial charge < -0.3 is 9.88 Å². The molecule has 1 unspecified atom stereocenters. The van der Waals surface area contributed by atoms with Gasteiger partial charge in [-0.05, 0) is 30.0 Å². The van der Waals surface area contributed by atoms with Crippen LogP contribution in [-0.2, 0) is 13.1 Å². The molecule has 1 atom stereocenters. The smallest absolute Gasteiger partial charge is 0.0220 e. The van der Waals surface area contributed by atoms with Crippen molar-refractivity contribution >= 4 is 0 Å². The van der Waals surface area contributed by atoms with Crippen LogP contribution < -0.4 is 5.32 Å². The van der Waals surface area contributed by atoms with Gasteiger partial charge >= 0.3 is 0 Å². The molecule has 1 aromatic carbocycles. The molecule has 0 fully saturated rings. The van der Waals surface area contributed by atoms with Crippen molar-refractivity contribution in [2.45, 2.75) is 32.9 Å². The quantitative estimate of drug-likeness (QED) is 0.821. The molecule has 0 saturated heterocycles. The number of aromatic nitrogens is 1. The lowest BCUT2D eigenvalue weighted by atomic mass is 10.0. The highest BCUT2D eigenvalue weighted by molar-refractivity contribution is 5.19. The summed E-state index contributed by atoms with van der Waals surface area (Å²) in [5, 5.41) is 3.52. The van der Waals surface area contributed by atoms with Gasteiger partial charge in [0.2, 0.25) is 0 Å². The van der Waals surface area contributed by atoms with E-state index in [1.807, 2.05) is 0 Å². The van der Waals surface area contributed by atoms with E-state index in [-0.39, 0.29) is 0 Å². The Hall–Kier alpha value is -1.54. The van der Waals surface area contributed by atoms with E-state index in [1.165, 1.54) is 11.1 Å². The van der Waals surface area contributed by atoms with Crippen LogP contribution in [0.15, 0.2) is 48.8 Å². The third kappa shape index (κ3) is 3.47. The maximum absolute atomic E-state index is 3.52. The molecule has 0 aliphatic heterocycles. The number of aryl methyl sites for hydroxylation is 1. The van der Waals surface area contributed by atoms with Crippen LogP contribution in [0.25, 0.3) is 0 Å².